The largest absolute Gasteiger partial charge is 0.361 e. The molecule has 2 heterocycles. The summed E-state index contributed by atoms with van der Waals surface area (Å²) in [4.78, 5) is 11.6. The van der Waals surface area contributed by atoms with Gasteiger partial charge in [0.05, 0.1) is 0 Å². The zero-order valence-electron chi connectivity index (χ0n) is 11.0. The highest BCUT2D eigenvalue weighted by Gasteiger charge is 2.61. The first kappa shape index (κ1) is 12.0. The molecule has 2 saturated heterocycles. The van der Waals surface area contributed by atoms with Crippen LogP contribution in [0, 0.1) is 0 Å². The molecule has 0 N–H and O–H groups in total. The molecule has 3 aliphatic rings. The van der Waals surface area contributed by atoms with E-state index in [1.807, 2.05) is 30.3 Å². The molecule has 0 saturated carbocycles. The van der Waals surface area contributed by atoms with E-state index < -0.39 is 5.79 Å². The maximum absolute atomic E-state index is 11.6. The molecule has 1 aromatic rings. The molecule has 1 aromatic carbocycles. The number of epoxide rings is 1. The van der Waals surface area contributed by atoms with Crippen LogP contribution in [-0.4, -0.2) is 30.9 Å². The third-order valence-corrected chi connectivity index (χ3v) is 4.03. The van der Waals surface area contributed by atoms with Gasteiger partial charge in [0.25, 0.3) is 0 Å². The summed E-state index contributed by atoms with van der Waals surface area (Å²) in [6.45, 7) is 0. The summed E-state index contributed by atoms with van der Waals surface area (Å²) in [6, 6.07) is 9.94. The highest BCUT2D eigenvalue weighted by Crippen LogP contribution is 2.53. The Hall–Kier alpha value is -1.75. The van der Waals surface area contributed by atoms with Crippen molar-refractivity contribution in [2.24, 2.45) is 0 Å². The second kappa shape index (κ2) is 4.12. The lowest BCUT2D eigenvalue weighted by molar-refractivity contribution is -0.204. The predicted octanol–water partition coefficient (Wildman–Crippen LogP) is 1.93. The lowest BCUT2D eigenvalue weighted by Gasteiger charge is -2.39. The summed E-state index contributed by atoms with van der Waals surface area (Å²) >= 11 is 0. The van der Waals surface area contributed by atoms with Gasteiger partial charge in [-0.05, 0) is 23.8 Å². The van der Waals surface area contributed by atoms with E-state index in [0.29, 0.717) is 0 Å². The minimum atomic E-state index is -0.980. The molecular weight excluding hydrogens is 256 g/mol. The number of ether oxygens (including phenoxy) is 3. The SMILES string of the molecule is CO[C@@]12C=CC(=O)C=C1[C@H]1O[C@H]1[C@H](c1ccccc1)O2. The molecule has 2 aliphatic heterocycles. The number of rotatable bonds is 2. The minimum absolute atomic E-state index is 0.0359. The van der Waals surface area contributed by atoms with E-state index in [1.54, 1.807) is 19.3 Å². The van der Waals surface area contributed by atoms with Crippen LogP contribution in [0.15, 0.2) is 54.1 Å². The van der Waals surface area contributed by atoms with Gasteiger partial charge in [-0.2, -0.15) is 0 Å². The Kier molecular flexibility index (Phi) is 2.48. The number of carbonyl (C=O) groups is 1. The van der Waals surface area contributed by atoms with E-state index in [1.165, 1.54) is 6.08 Å². The Balaban J connectivity index is 1.74. The summed E-state index contributed by atoms with van der Waals surface area (Å²) < 4.78 is 17.5. The van der Waals surface area contributed by atoms with Crippen LogP contribution < -0.4 is 0 Å². The first-order valence-corrected chi connectivity index (χ1v) is 6.62. The minimum Gasteiger partial charge on any atom is -0.361 e. The normalized spacial score (nSPS) is 38.0. The maximum Gasteiger partial charge on any atom is 0.214 e. The predicted molar refractivity (Wildman–Crippen MR) is 70.9 cm³/mol. The number of allylic oxidation sites excluding steroid dienone is 2. The number of hydrogen-bond acceptors (Lipinski definition) is 4. The van der Waals surface area contributed by atoms with E-state index >= 15 is 0 Å². The van der Waals surface area contributed by atoms with Crippen LogP contribution in [0.5, 0.6) is 0 Å². The van der Waals surface area contributed by atoms with Gasteiger partial charge in [0.1, 0.15) is 18.3 Å². The Labute approximate surface area is 116 Å². The quantitative estimate of drug-likeness (QED) is 0.770. The van der Waals surface area contributed by atoms with Crippen LogP contribution in [0.1, 0.15) is 11.7 Å². The molecule has 4 rings (SSSR count). The Morgan fingerprint density at radius 1 is 1.20 bits per heavy atom. The third kappa shape index (κ3) is 1.62. The molecule has 20 heavy (non-hydrogen) atoms. The number of carbonyl (C=O) groups excluding carboxylic acids is 1. The lowest BCUT2D eigenvalue weighted by atomic mass is 9.88. The Morgan fingerprint density at radius 2 is 2.00 bits per heavy atom. The fourth-order valence-electron chi connectivity index (χ4n) is 2.97. The maximum atomic E-state index is 11.6. The van der Waals surface area contributed by atoms with Crippen LogP contribution in [0.3, 0.4) is 0 Å². The molecule has 0 bridgehead atoms. The number of fused-ring (bicyclic) bond motifs is 3. The van der Waals surface area contributed by atoms with Gasteiger partial charge in [-0.25, -0.2) is 0 Å². The van der Waals surface area contributed by atoms with Gasteiger partial charge in [0.15, 0.2) is 5.78 Å². The van der Waals surface area contributed by atoms with Crippen LogP contribution in [0.2, 0.25) is 0 Å². The molecule has 0 aromatic heterocycles. The van der Waals surface area contributed by atoms with Gasteiger partial charge in [0.2, 0.25) is 5.79 Å². The molecule has 102 valence electrons. The van der Waals surface area contributed by atoms with Crippen molar-refractivity contribution >= 4 is 5.78 Å². The molecule has 0 unspecified atom stereocenters. The molecule has 4 heteroatoms. The van der Waals surface area contributed by atoms with Crippen LogP contribution >= 0.6 is 0 Å². The van der Waals surface area contributed by atoms with E-state index in [2.05, 4.69) is 0 Å². The number of benzene rings is 1. The summed E-state index contributed by atoms with van der Waals surface area (Å²) in [5.41, 5.74) is 1.82. The van der Waals surface area contributed by atoms with Crippen molar-refractivity contribution < 1.29 is 19.0 Å². The summed E-state index contributed by atoms with van der Waals surface area (Å²) in [5.74, 6) is -1.03. The average Bonchev–Trinajstić information content (AvgIpc) is 3.28. The molecular formula is C16H14O4. The summed E-state index contributed by atoms with van der Waals surface area (Å²) in [7, 11) is 1.58. The van der Waals surface area contributed by atoms with E-state index in [-0.39, 0.29) is 24.1 Å². The topological polar surface area (TPSA) is 48.1 Å². The van der Waals surface area contributed by atoms with Gasteiger partial charge >= 0.3 is 0 Å². The Morgan fingerprint density at radius 3 is 2.75 bits per heavy atom. The van der Waals surface area contributed by atoms with E-state index in [9.17, 15) is 4.79 Å². The Bertz CT molecular complexity index is 619. The van der Waals surface area contributed by atoms with Crippen molar-refractivity contribution in [1.29, 1.82) is 0 Å². The van der Waals surface area contributed by atoms with Crippen molar-refractivity contribution in [3.8, 4) is 0 Å². The van der Waals surface area contributed by atoms with E-state index in [4.69, 9.17) is 14.2 Å². The molecule has 0 amide bonds. The second-order valence-corrected chi connectivity index (χ2v) is 5.18. The first-order valence-electron chi connectivity index (χ1n) is 6.62. The smallest absolute Gasteiger partial charge is 0.214 e. The zero-order valence-corrected chi connectivity index (χ0v) is 11.0. The highest BCUT2D eigenvalue weighted by molar-refractivity contribution is 6.01. The molecule has 4 atom stereocenters. The van der Waals surface area contributed by atoms with Gasteiger partial charge in [-0.1, -0.05) is 30.3 Å². The number of methoxy groups -OCH3 is 1. The van der Waals surface area contributed by atoms with Gasteiger partial charge < -0.3 is 14.2 Å². The van der Waals surface area contributed by atoms with Crippen molar-refractivity contribution in [2.75, 3.05) is 7.11 Å². The monoisotopic (exact) mass is 270 g/mol. The fourth-order valence-corrected chi connectivity index (χ4v) is 2.97. The molecule has 0 radical (unpaired) electrons. The standard InChI is InChI=1S/C16H14O4/c1-18-16-8-7-11(17)9-12(16)14-15(19-14)13(20-16)10-5-3-2-4-6-10/h2-9,13-15H,1H3/t13-,14+,15-,16+/m0/s1. The van der Waals surface area contributed by atoms with Crippen LogP contribution in [0.4, 0.5) is 0 Å². The van der Waals surface area contributed by atoms with Crippen LogP contribution in [0.25, 0.3) is 0 Å². The second-order valence-electron chi connectivity index (χ2n) is 5.18. The molecule has 0 spiro atoms. The van der Waals surface area contributed by atoms with Crippen molar-refractivity contribution in [3.05, 3.63) is 59.7 Å². The lowest BCUT2D eigenvalue weighted by Crippen LogP contribution is -2.45. The van der Waals surface area contributed by atoms with Crippen LogP contribution in [-0.2, 0) is 19.0 Å². The average molecular weight is 270 g/mol. The van der Waals surface area contributed by atoms with Crippen molar-refractivity contribution in [2.45, 2.75) is 24.1 Å². The third-order valence-electron chi connectivity index (χ3n) is 4.03. The van der Waals surface area contributed by atoms with Crippen molar-refractivity contribution in [1.82, 2.24) is 0 Å². The van der Waals surface area contributed by atoms with Gasteiger partial charge in [0, 0.05) is 12.7 Å². The molecule has 4 nitrogen and oxygen atoms in total. The number of hydrogen-bond donors (Lipinski definition) is 0. The summed E-state index contributed by atoms with van der Waals surface area (Å²) in [5, 5.41) is 0. The fraction of sp³-hybridized carbons (Fsp3) is 0.312. The first-order chi connectivity index (χ1) is 9.73. The van der Waals surface area contributed by atoms with Crippen molar-refractivity contribution in [3.63, 3.8) is 0 Å². The van der Waals surface area contributed by atoms with Gasteiger partial charge in [-0.15, -0.1) is 0 Å². The van der Waals surface area contributed by atoms with E-state index in [0.717, 1.165) is 11.1 Å². The molecule has 2 fully saturated rings. The van der Waals surface area contributed by atoms with Gasteiger partial charge in [-0.3, -0.25) is 4.79 Å². The zero-order chi connectivity index (χ0) is 13.7. The number of ketones is 1. The molecule has 1 aliphatic carbocycles. The highest BCUT2D eigenvalue weighted by atomic mass is 16.7. The summed E-state index contributed by atoms with van der Waals surface area (Å²) in [6.07, 6.45) is 4.41.